The first-order chi connectivity index (χ1) is 20.6. The SMILES string of the molecule is COc1cc(C=CC(=O)NCC(=O)N(C)c2ccc(Cl)c(COc3cccc4ccc(C)nc34)c2Cl)ccc1NC(C)=O. The van der Waals surface area contributed by atoms with Crippen LogP contribution in [0.15, 0.2) is 66.7 Å². The summed E-state index contributed by atoms with van der Waals surface area (Å²) in [7, 11) is 3.04. The lowest BCUT2D eigenvalue weighted by molar-refractivity contribution is -0.122. The topological polar surface area (TPSA) is 110 Å². The van der Waals surface area contributed by atoms with Gasteiger partial charge in [-0.05, 0) is 55.0 Å². The molecule has 222 valence electrons. The van der Waals surface area contributed by atoms with Crippen molar-refractivity contribution < 1.29 is 23.9 Å². The van der Waals surface area contributed by atoms with Crippen LogP contribution >= 0.6 is 23.2 Å². The van der Waals surface area contributed by atoms with Crippen molar-refractivity contribution in [2.75, 3.05) is 30.9 Å². The Bertz CT molecular complexity index is 1720. The molecule has 43 heavy (non-hydrogen) atoms. The van der Waals surface area contributed by atoms with Crippen molar-refractivity contribution in [3.63, 3.8) is 0 Å². The number of hydrogen-bond donors (Lipinski definition) is 2. The van der Waals surface area contributed by atoms with Gasteiger partial charge in [0.05, 0.1) is 30.1 Å². The van der Waals surface area contributed by atoms with Crippen LogP contribution in [0.3, 0.4) is 0 Å². The quantitative estimate of drug-likeness (QED) is 0.205. The number of aromatic nitrogens is 1. The second kappa shape index (κ2) is 14.0. The van der Waals surface area contributed by atoms with E-state index in [9.17, 15) is 14.4 Å². The van der Waals surface area contributed by atoms with E-state index in [0.717, 1.165) is 16.6 Å². The summed E-state index contributed by atoms with van der Waals surface area (Å²) in [5, 5.41) is 6.84. The first-order valence-electron chi connectivity index (χ1n) is 13.2. The molecule has 1 aromatic heterocycles. The highest BCUT2D eigenvalue weighted by Crippen LogP contribution is 2.35. The Balaban J connectivity index is 1.39. The summed E-state index contributed by atoms with van der Waals surface area (Å²) in [6.45, 7) is 3.10. The minimum Gasteiger partial charge on any atom is -0.495 e. The van der Waals surface area contributed by atoms with Crippen molar-refractivity contribution >= 4 is 69.3 Å². The van der Waals surface area contributed by atoms with Crippen LogP contribution in [0.5, 0.6) is 11.5 Å². The lowest BCUT2D eigenvalue weighted by atomic mass is 10.1. The number of fused-ring (bicyclic) bond motifs is 1. The Morgan fingerprint density at radius 2 is 1.81 bits per heavy atom. The molecule has 0 aliphatic carbocycles. The van der Waals surface area contributed by atoms with E-state index in [-0.39, 0.29) is 24.1 Å². The van der Waals surface area contributed by atoms with Crippen LogP contribution in [0.2, 0.25) is 10.0 Å². The van der Waals surface area contributed by atoms with Crippen LogP contribution in [0.4, 0.5) is 11.4 Å². The molecule has 3 amide bonds. The molecular formula is C32H30Cl2N4O5. The molecule has 9 nitrogen and oxygen atoms in total. The molecule has 0 fully saturated rings. The van der Waals surface area contributed by atoms with Gasteiger partial charge in [-0.1, -0.05) is 47.5 Å². The molecule has 0 atom stereocenters. The molecule has 1 heterocycles. The van der Waals surface area contributed by atoms with Crippen LogP contribution in [-0.2, 0) is 21.0 Å². The molecular weight excluding hydrogens is 591 g/mol. The summed E-state index contributed by atoms with van der Waals surface area (Å²) in [6.07, 6.45) is 2.87. The van der Waals surface area contributed by atoms with E-state index in [0.29, 0.717) is 39.0 Å². The third-order valence-electron chi connectivity index (χ3n) is 6.47. The van der Waals surface area contributed by atoms with Crippen molar-refractivity contribution in [2.45, 2.75) is 20.5 Å². The standard InChI is InChI=1S/C32H30Cl2N4O5/c1-19-8-11-22-6-5-7-27(32(22)36-19)43-18-23-24(33)12-14-26(31(23)34)38(3)30(41)17-35-29(40)15-10-21-9-13-25(37-20(2)39)28(16-21)42-4/h5-16H,17-18H2,1-4H3,(H,35,40)(H,37,39). The number of aryl methyl sites for hydroxylation is 1. The van der Waals surface area contributed by atoms with Gasteiger partial charge in [0.15, 0.2) is 0 Å². The maximum atomic E-state index is 12.9. The number of anilines is 2. The number of benzene rings is 3. The van der Waals surface area contributed by atoms with Gasteiger partial charge in [-0.2, -0.15) is 0 Å². The molecule has 0 saturated carbocycles. The number of amides is 3. The molecule has 11 heteroatoms. The number of halogens is 2. The number of pyridine rings is 1. The van der Waals surface area contributed by atoms with Crippen LogP contribution in [0, 0.1) is 6.92 Å². The maximum absolute atomic E-state index is 12.9. The molecule has 4 aromatic rings. The minimum absolute atomic E-state index is 0.0559. The van der Waals surface area contributed by atoms with Gasteiger partial charge in [0, 0.05) is 41.7 Å². The smallest absolute Gasteiger partial charge is 0.246 e. The molecule has 0 saturated heterocycles. The van der Waals surface area contributed by atoms with Crippen LogP contribution < -0.4 is 25.0 Å². The first-order valence-corrected chi connectivity index (χ1v) is 14.0. The summed E-state index contributed by atoms with van der Waals surface area (Å²) in [6, 6.07) is 17.9. The number of carbonyl (C=O) groups excluding carboxylic acids is 3. The lowest BCUT2D eigenvalue weighted by Gasteiger charge is -2.21. The Morgan fingerprint density at radius 3 is 2.56 bits per heavy atom. The zero-order valence-electron chi connectivity index (χ0n) is 24.0. The summed E-state index contributed by atoms with van der Waals surface area (Å²) in [4.78, 5) is 42.6. The van der Waals surface area contributed by atoms with Crippen molar-refractivity contribution in [1.29, 1.82) is 0 Å². The number of hydrogen-bond acceptors (Lipinski definition) is 6. The number of para-hydroxylation sites is 1. The van der Waals surface area contributed by atoms with Gasteiger partial charge >= 0.3 is 0 Å². The van der Waals surface area contributed by atoms with Crippen molar-refractivity contribution in [1.82, 2.24) is 10.3 Å². The second-order valence-electron chi connectivity index (χ2n) is 9.57. The highest BCUT2D eigenvalue weighted by molar-refractivity contribution is 6.38. The fraction of sp³-hybridized carbons (Fsp3) is 0.188. The van der Waals surface area contributed by atoms with E-state index in [1.807, 2.05) is 37.3 Å². The van der Waals surface area contributed by atoms with Gasteiger partial charge in [-0.15, -0.1) is 0 Å². The minimum atomic E-state index is -0.470. The van der Waals surface area contributed by atoms with Crippen molar-refractivity contribution in [3.8, 4) is 11.5 Å². The predicted molar refractivity (Wildman–Crippen MR) is 170 cm³/mol. The Morgan fingerprint density at radius 1 is 1.02 bits per heavy atom. The maximum Gasteiger partial charge on any atom is 0.246 e. The van der Waals surface area contributed by atoms with Crippen molar-refractivity contribution in [2.24, 2.45) is 0 Å². The first kappa shape index (κ1) is 31.3. The molecule has 0 aliphatic heterocycles. The van der Waals surface area contributed by atoms with Crippen LogP contribution in [-0.4, -0.2) is 43.4 Å². The van der Waals surface area contributed by atoms with Crippen molar-refractivity contribution in [3.05, 3.63) is 93.6 Å². The van der Waals surface area contributed by atoms with Gasteiger partial charge < -0.3 is 25.0 Å². The molecule has 0 radical (unpaired) electrons. The number of ether oxygens (including phenoxy) is 2. The van der Waals surface area contributed by atoms with E-state index >= 15 is 0 Å². The predicted octanol–water partition coefficient (Wildman–Crippen LogP) is 6.19. The summed E-state index contributed by atoms with van der Waals surface area (Å²) in [5.41, 5.74) is 3.70. The molecule has 0 aliphatic rings. The van der Waals surface area contributed by atoms with E-state index in [1.165, 1.54) is 25.0 Å². The lowest BCUT2D eigenvalue weighted by Crippen LogP contribution is -2.37. The number of likely N-dealkylation sites (N-methyl/N-ethyl adjacent to an activating group) is 1. The average molecular weight is 622 g/mol. The fourth-order valence-corrected chi connectivity index (χ4v) is 4.82. The Labute approximate surface area is 259 Å². The van der Waals surface area contributed by atoms with E-state index < -0.39 is 11.8 Å². The van der Waals surface area contributed by atoms with Gasteiger partial charge in [0.25, 0.3) is 0 Å². The van der Waals surface area contributed by atoms with E-state index in [2.05, 4.69) is 15.6 Å². The third kappa shape index (κ3) is 7.82. The second-order valence-corrected chi connectivity index (χ2v) is 10.4. The Kier molecular flexibility index (Phi) is 10.2. The van der Waals surface area contributed by atoms with Crippen LogP contribution in [0.1, 0.15) is 23.7 Å². The molecule has 3 aromatic carbocycles. The molecule has 4 rings (SSSR count). The fourth-order valence-electron chi connectivity index (χ4n) is 4.21. The number of carbonyl (C=O) groups is 3. The zero-order valence-corrected chi connectivity index (χ0v) is 25.5. The molecule has 0 bridgehead atoms. The largest absolute Gasteiger partial charge is 0.495 e. The summed E-state index contributed by atoms with van der Waals surface area (Å²) in [5.74, 6) is -0.0625. The van der Waals surface area contributed by atoms with E-state index in [4.69, 9.17) is 32.7 Å². The number of rotatable bonds is 10. The summed E-state index contributed by atoms with van der Waals surface area (Å²) >= 11 is 13.2. The number of methoxy groups -OCH3 is 1. The number of nitrogens with zero attached hydrogens (tertiary/aromatic N) is 2. The highest BCUT2D eigenvalue weighted by Gasteiger charge is 2.19. The Hall–Kier alpha value is -4.60. The number of nitrogens with one attached hydrogen (secondary N) is 2. The zero-order chi connectivity index (χ0) is 31.1. The van der Waals surface area contributed by atoms with E-state index in [1.54, 1.807) is 43.5 Å². The third-order valence-corrected chi connectivity index (χ3v) is 7.25. The summed E-state index contributed by atoms with van der Waals surface area (Å²) < 4.78 is 11.4. The van der Waals surface area contributed by atoms with Gasteiger partial charge in [-0.25, -0.2) is 4.98 Å². The molecule has 2 N–H and O–H groups in total. The van der Waals surface area contributed by atoms with Crippen LogP contribution in [0.25, 0.3) is 17.0 Å². The highest BCUT2D eigenvalue weighted by atomic mass is 35.5. The molecule has 0 spiro atoms. The van der Waals surface area contributed by atoms with Gasteiger partial charge in [-0.3, -0.25) is 14.4 Å². The van der Waals surface area contributed by atoms with Gasteiger partial charge in [0.2, 0.25) is 17.7 Å². The normalized spacial score (nSPS) is 10.9. The van der Waals surface area contributed by atoms with Gasteiger partial charge in [0.1, 0.15) is 23.6 Å². The average Bonchev–Trinajstić information content (AvgIpc) is 2.98. The molecule has 0 unspecified atom stereocenters. The monoisotopic (exact) mass is 620 g/mol.